The molecule has 2 heteroatoms. The molecule has 0 aliphatic rings. The third-order valence-corrected chi connectivity index (χ3v) is 1.20. The van der Waals surface area contributed by atoms with Gasteiger partial charge in [-0.05, 0) is 13.8 Å². The summed E-state index contributed by atoms with van der Waals surface area (Å²) in [5.74, 6) is 5.19. The van der Waals surface area contributed by atoms with E-state index in [2.05, 4.69) is 18.4 Å². The Morgan fingerprint density at radius 3 is 2.64 bits per heavy atom. The molecule has 0 aliphatic carbocycles. The van der Waals surface area contributed by atoms with E-state index in [1.165, 1.54) is 6.08 Å². The van der Waals surface area contributed by atoms with Crippen LogP contribution in [0, 0.1) is 11.8 Å². The van der Waals surface area contributed by atoms with Gasteiger partial charge in [-0.15, -0.1) is 6.58 Å². The molecule has 0 saturated carbocycles. The predicted molar refractivity (Wildman–Crippen MR) is 44.9 cm³/mol. The SMILES string of the molecule is C=CC(C)(O)CC#CC(C)O. The van der Waals surface area contributed by atoms with Crippen LogP contribution in [-0.2, 0) is 0 Å². The van der Waals surface area contributed by atoms with E-state index in [4.69, 9.17) is 5.11 Å². The standard InChI is InChI=1S/C9H14O2/c1-4-9(3,11)7-5-6-8(2)10/h4,8,10-11H,1,7H2,2-3H3. The lowest BCUT2D eigenvalue weighted by molar-refractivity contribution is 0.118. The number of hydrogen-bond acceptors (Lipinski definition) is 2. The van der Waals surface area contributed by atoms with Crippen molar-refractivity contribution in [1.82, 2.24) is 0 Å². The average molecular weight is 154 g/mol. The summed E-state index contributed by atoms with van der Waals surface area (Å²) in [6.45, 7) is 6.65. The average Bonchev–Trinajstić information content (AvgIpc) is 1.87. The van der Waals surface area contributed by atoms with Gasteiger partial charge in [-0.25, -0.2) is 0 Å². The van der Waals surface area contributed by atoms with Crippen LogP contribution in [0.15, 0.2) is 12.7 Å². The Labute approximate surface area is 67.6 Å². The molecule has 0 heterocycles. The summed E-state index contributed by atoms with van der Waals surface area (Å²) in [7, 11) is 0. The van der Waals surface area contributed by atoms with Crippen molar-refractivity contribution in [3.63, 3.8) is 0 Å². The fourth-order valence-electron chi connectivity index (χ4n) is 0.450. The first-order chi connectivity index (χ1) is 4.98. The molecule has 0 fully saturated rings. The molecule has 0 bridgehead atoms. The van der Waals surface area contributed by atoms with Crippen molar-refractivity contribution in [2.75, 3.05) is 0 Å². The zero-order chi connectivity index (χ0) is 8.91. The highest BCUT2D eigenvalue weighted by molar-refractivity contribution is 5.09. The van der Waals surface area contributed by atoms with Crippen LogP contribution in [0.2, 0.25) is 0 Å². The fraction of sp³-hybridized carbons (Fsp3) is 0.556. The molecule has 11 heavy (non-hydrogen) atoms. The van der Waals surface area contributed by atoms with Gasteiger partial charge in [0, 0.05) is 6.42 Å². The molecule has 2 nitrogen and oxygen atoms in total. The van der Waals surface area contributed by atoms with Crippen molar-refractivity contribution in [3.05, 3.63) is 12.7 Å². The van der Waals surface area contributed by atoms with Gasteiger partial charge in [-0.3, -0.25) is 0 Å². The summed E-state index contributed by atoms with van der Waals surface area (Å²) < 4.78 is 0. The molecule has 0 aromatic heterocycles. The molecule has 0 saturated heterocycles. The minimum absolute atomic E-state index is 0.307. The van der Waals surface area contributed by atoms with E-state index in [1.54, 1.807) is 13.8 Å². The van der Waals surface area contributed by atoms with Crippen molar-refractivity contribution >= 4 is 0 Å². The zero-order valence-electron chi connectivity index (χ0n) is 6.96. The molecule has 0 aromatic carbocycles. The smallest absolute Gasteiger partial charge is 0.111 e. The van der Waals surface area contributed by atoms with Crippen molar-refractivity contribution < 1.29 is 10.2 Å². The predicted octanol–water partition coefficient (Wildman–Crippen LogP) is 0.698. The fourth-order valence-corrected chi connectivity index (χ4v) is 0.450. The summed E-state index contributed by atoms with van der Waals surface area (Å²) in [4.78, 5) is 0. The second-order valence-electron chi connectivity index (χ2n) is 2.74. The lowest BCUT2D eigenvalue weighted by atomic mass is 10.0. The number of rotatable bonds is 2. The molecule has 0 amide bonds. The number of aliphatic hydroxyl groups is 2. The minimum Gasteiger partial charge on any atom is -0.385 e. The Kier molecular flexibility index (Phi) is 3.88. The summed E-state index contributed by atoms with van der Waals surface area (Å²) in [6.07, 6.45) is 1.11. The van der Waals surface area contributed by atoms with Crippen LogP contribution in [-0.4, -0.2) is 21.9 Å². The highest BCUT2D eigenvalue weighted by Crippen LogP contribution is 2.07. The molecule has 2 atom stereocenters. The van der Waals surface area contributed by atoms with E-state index in [0.29, 0.717) is 6.42 Å². The first-order valence-electron chi connectivity index (χ1n) is 3.50. The molecule has 2 unspecified atom stereocenters. The van der Waals surface area contributed by atoms with Crippen molar-refractivity contribution in [2.45, 2.75) is 32.0 Å². The maximum absolute atomic E-state index is 9.33. The van der Waals surface area contributed by atoms with E-state index >= 15 is 0 Å². The van der Waals surface area contributed by atoms with Gasteiger partial charge in [-0.1, -0.05) is 17.9 Å². The van der Waals surface area contributed by atoms with Crippen LogP contribution in [0.4, 0.5) is 0 Å². The Bertz CT molecular complexity index is 181. The van der Waals surface area contributed by atoms with E-state index in [0.717, 1.165) is 0 Å². The van der Waals surface area contributed by atoms with Gasteiger partial charge in [-0.2, -0.15) is 0 Å². The van der Waals surface area contributed by atoms with E-state index in [1.807, 2.05) is 0 Å². The third-order valence-electron chi connectivity index (χ3n) is 1.20. The second-order valence-corrected chi connectivity index (χ2v) is 2.74. The minimum atomic E-state index is -0.943. The highest BCUT2D eigenvalue weighted by atomic mass is 16.3. The van der Waals surface area contributed by atoms with Crippen LogP contribution >= 0.6 is 0 Å². The molecule has 0 spiro atoms. The quantitative estimate of drug-likeness (QED) is 0.454. The first kappa shape index (κ1) is 10.2. The largest absolute Gasteiger partial charge is 0.385 e. The Hall–Kier alpha value is -0.780. The van der Waals surface area contributed by atoms with Crippen molar-refractivity contribution in [3.8, 4) is 11.8 Å². The van der Waals surface area contributed by atoms with E-state index in [9.17, 15) is 5.11 Å². The Morgan fingerprint density at radius 2 is 2.27 bits per heavy atom. The first-order valence-corrected chi connectivity index (χ1v) is 3.50. The lowest BCUT2D eigenvalue weighted by Crippen LogP contribution is -2.18. The van der Waals surface area contributed by atoms with Crippen LogP contribution in [0.1, 0.15) is 20.3 Å². The topological polar surface area (TPSA) is 40.5 Å². The van der Waals surface area contributed by atoms with E-state index < -0.39 is 11.7 Å². The maximum atomic E-state index is 9.33. The molecular weight excluding hydrogens is 140 g/mol. The molecule has 2 N–H and O–H groups in total. The monoisotopic (exact) mass is 154 g/mol. The highest BCUT2D eigenvalue weighted by Gasteiger charge is 2.12. The number of hydrogen-bond donors (Lipinski definition) is 2. The summed E-state index contributed by atoms with van der Waals surface area (Å²) >= 11 is 0. The zero-order valence-corrected chi connectivity index (χ0v) is 6.96. The van der Waals surface area contributed by atoms with Crippen LogP contribution in [0.5, 0.6) is 0 Å². The summed E-state index contributed by atoms with van der Waals surface area (Å²) in [5.41, 5.74) is -0.943. The summed E-state index contributed by atoms with van der Waals surface area (Å²) in [6, 6.07) is 0. The maximum Gasteiger partial charge on any atom is 0.111 e. The van der Waals surface area contributed by atoms with Crippen LogP contribution in [0.25, 0.3) is 0 Å². The van der Waals surface area contributed by atoms with Gasteiger partial charge < -0.3 is 10.2 Å². The summed E-state index contributed by atoms with van der Waals surface area (Å²) in [5, 5.41) is 18.1. The van der Waals surface area contributed by atoms with Crippen LogP contribution in [0.3, 0.4) is 0 Å². The lowest BCUT2D eigenvalue weighted by Gasteiger charge is -2.13. The van der Waals surface area contributed by atoms with Gasteiger partial charge in [0.25, 0.3) is 0 Å². The number of aliphatic hydroxyl groups excluding tert-OH is 1. The van der Waals surface area contributed by atoms with Gasteiger partial charge in [0.15, 0.2) is 0 Å². The molecule has 62 valence electrons. The van der Waals surface area contributed by atoms with Crippen molar-refractivity contribution in [2.24, 2.45) is 0 Å². The van der Waals surface area contributed by atoms with Gasteiger partial charge in [0.2, 0.25) is 0 Å². The molecule has 0 rings (SSSR count). The second kappa shape index (κ2) is 4.17. The Morgan fingerprint density at radius 1 is 1.73 bits per heavy atom. The molecular formula is C9H14O2. The molecule has 0 radical (unpaired) electrons. The molecule has 0 aliphatic heterocycles. The normalized spacial score (nSPS) is 17.5. The molecule has 0 aromatic rings. The van der Waals surface area contributed by atoms with Gasteiger partial charge >= 0.3 is 0 Å². The van der Waals surface area contributed by atoms with Crippen molar-refractivity contribution in [1.29, 1.82) is 0 Å². The Balaban J connectivity index is 3.90. The van der Waals surface area contributed by atoms with Crippen LogP contribution < -0.4 is 0 Å². The van der Waals surface area contributed by atoms with Gasteiger partial charge in [0.05, 0.1) is 5.60 Å². The van der Waals surface area contributed by atoms with Gasteiger partial charge in [0.1, 0.15) is 6.10 Å². The van der Waals surface area contributed by atoms with E-state index in [-0.39, 0.29) is 0 Å². The third kappa shape index (κ3) is 5.65.